The summed E-state index contributed by atoms with van der Waals surface area (Å²) < 4.78 is 0. The van der Waals surface area contributed by atoms with E-state index in [-0.39, 0.29) is 0 Å². The van der Waals surface area contributed by atoms with Gasteiger partial charge in [0.25, 0.3) is 0 Å². The number of aryl methyl sites for hydroxylation is 2. The van der Waals surface area contributed by atoms with Gasteiger partial charge in [0.15, 0.2) is 0 Å². The van der Waals surface area contributed by atoms with Crippen molar-refractivity contribution < 1.29 is 0 Å². The second kappa shape index (κ2) is 6.71. The average molecular weight is 267 g/mol. The summed E-state index contributed by atoms with van der Waals surface area (Å²) in [7, 11) is 0. The smallest absolute Gasteiger partial charge is 0.00790 e. The fraction of sp³-hybridized carbons (Fsp3) is 0.368. The fourth-order valence-electron chi connectivity index (χ4n) is 2.75. The molecule has 106 valence electrons. The normalized spacial score (nSPS) is 12.4. The summed E-state index contributed by atoms with van der Waals surface area (Å²) in [6, 6.07) is 16.2. The largest absolute Gasteiger partial charge is 0.314 e. The van der Waals surface area contributed by atoms with Gasteiger partial charge in [0.05, 0.1) is 0 Å². The third kappa shape index (κ3) is 3.94. The number of hydrogen-bond acceptors (Lipinski definition) is 1. The number of benzene rings is 2. The summed E-state index contributed by atoms with van der Waals surface area (Å²) in [5.74, 6) is 0. The molecule has 2 aromatic carbocycles. The van der Waals surface area contributed by atoms with Gasteiger partial charge in [-0.05, 0) is 50.4 Å². The van der Waals surface area contributed by atoms with Gasteiger partial charge >= 0.3 is 0 Å². The van der Waals surface area contributed by atoms with Crippen LogP contribution in [0.15, 0.2) is 42.5 Å². The Morgan fingerprint density at radius 2 is 1.50 bits per heavy atom. The third-order valence-electron chi connectivity index (χ3n) is 3.60. The highest BCUT2D eigenvalue weighted by Crippen LogP contribution is 2.22. The van der Waals surface area contributed by atoms with Crippen molar-refractivity contribution >= 4 is 0 Å². The number of nitrogens with one attached hydrogen (secondary N) is 1. The lowest BCUT2D eigenvalue weighted by atomic mass is 9.98. The Morgan fingerprint density at radius 1 is 0.900 bits per heavy atom. The minimum atomic E-state index is 0.534. The maximum absolute atomic E-state index is 3.46. The van der Waals surface area contributed by atoms with E-state index in [0.717, 1.165) is 13.0 Å². The Labute approximate surface area is 123 Å². The third-order valence-corrected chi connectivity index (χ3v) is 3.60. The summed E-state index contributed by atoms with van der Waals surface area (Å²) in [5, 5.41) is 3.46. The van der Waals surface area contributed by atoms with Gasteiger partial charge in [-0.2, -0.15) is 0 Å². The van der Waals surface area contributed by atoms with Crippen LogP contribution in [0.5, 0.6) is 0 Å². The highest BCUT2D eigenvalue weighted by molar-refractivity contribution is 5.65. The van der Waals surface area contributed by atoms with Gasteiger partial charge in [0, 0.05) is 6.04 Å². The van der Waals surface area contributed by atoms with Crippen LogP contribution in [0.1, 0.15) is 30.5 Å². The maximum atomic E-state index is 3.46. The van der Waals surface area contributed by atoms with Gasteiger partial charge in [-0.15, -0.1) is 0 Å². The fourth-order valence-corrected chi connectivity index (χ4v) is 2.75. The number of rotatable bonds is 5. The Hall–Kier alpha value is -1.60. The first-order chi connectivity index (χ1) is 9.58. The molecule has 0 spiro atoms. The van der Waals surface area contributed by atoms with Crippen LogP contribution in [0.2, 0.25) is 0 Å². The van der Waals surface area contributed by atoms with Gasteiger partial charge in [-0.25, -0.2) is 0 Å². The molecule has 0 saturated carbocycles. The van der Waals surface area contributed by atoms with Crippen molar-refractivity contribution in [1.29, 1.82) is 0 Å². The van der Waals surface area contributed by atoms with E-state index >= 15 is 0 Å². The molecule has 0 aliphatic rings. The average Bonchev–Trinajstić information content (AvgIpc) is 2.38. The number of likely N-dealkylation sites (N-methyl/N-ethyl adjacent to an activating group) is 1. The van der Waals surface area contributed by atoms with Crippen molar-refractivity contribution in [2.24, 2.45) is 0 Å². The van der Waals surface area contributed by atoms with Crippen LogP contribution in [0.3, 0.4) is 0 Å². The van der Waals surface area contributed by atoms with E-state index < -0.39 is 0 Å². The Morgan fingerprint density at radius 3 is 2.05 bits per heavy atom. The van der Waals surface area contributed by atoms with Crippen LogP contribution < -0.4 is 5.32 Å². The van der Waals surface area contributed by atoms with Crippen molar-refractivity contribution in [1.82, 2.24) is 5.32 Å². The van der Waals surface area contributed by atoms with Crippen LogP contribution in [-0.4, -0.2) is 12.6 Å². The molecular formula is C19H25N. The van der Waals surface area contributed by atoms with Crippen molar-refractivity contribution in [2.75, 3.05) is 6.54 Å². The summed E-state index contributed by atoms with van der Waals surface area (Å²) in [5.41, 5.74) is 6.66. The molecule has 0 bridgehead atoms. The molecule has 1 nitrogen and oxygen atoms in total. The van der Waals surface area contributed by atoms with Crippen molar-refractivity contribution in [2.45, 2.75) is 40.2 Å². The quantitative estimate of drug-likeness (QED) is 0.840. The maximum Gasteiger partial charge on any atom is 0.00790 e. The van der Waals surface area contributed by atoms with Crippen molar-refractivity contribution in [3.8, 4) is 11.1 Å². The first kappa shape index (κ1) is 14.8. The minimum absolute atomic E-state index is 0.534. The molecule has 2 rings (SSSR count). The van der Waals surface area contributed by atoms with Gasteiger partial charge in [0.1, 0.15) is 0 Å². The first-order valence-corrected chi connectivity index (χ1v) is 7.49. The highest BCUT2D eigenvalue weighted by atomic mass is 14.9. The van der Waals surface area contributed by atoms with Gasteiger partial charge < -0.3 is 5.32 Å². The number of hydrogen-bond donors (Lipinski definition) is 1. The molecule has 0 aliphatic carbocycles. The molecule has 2 aromatic rings. The molecule has 20 heavy (non-hydrogen) atoms. The molecule has 1 atom stereocenters. The molecule has 0 aliphatic heterocycles. The second-order valence-electron chi connectivity index (χ2n) is 5.74. The van der Waals surface area contributed by atoms with Crippen LogP contribution in [0.25, 0.3) is 11.1 Å². The van der Waals surface area contributed by atoms with Crippen LogP contribution >= 0.6 is 0 Å². The van der Waals surface area contributed by atoms with Crippen LogP contribution in [0.4, 0.5) is 0 Å². The first-order valence-electron chi connectivity index (χ1n) is 7.49. The van der Waals surface area contributed by atoms with Gasteiger partial charge in [0.2, 0.25) is 0 Å². The molecule has 1 heteroatoms. The highest BCUT2D eigenvalue weighted by Gasteiger charge is 2.03. The second-order valence-corrected chi connectivity index (χ2v) is 5.74. The summed E-state index contributed by atoms with van der Waals surface area (Å²) in [6.07, 6.45) is 1.08. The monoisotopic (exact) mass is 267 g/mol. The summed E-state index contributed by atoms with van der Waals surface area (Å²) >= 11 is 0. The van der Waals surface area contributed by atoms with Crippen LogP contribution in [-0.2, 0) is 6.42 Å². The van der Waals surface area contributed by atoms with Crippen molar-refractivity contribution in [3.63, 3.8) is 0 Å². The van der Waals surface area contributed by atoms with E-state index in [0.29, 0.717) is 6.04 Å². The lowest BCUT2D eigenvalue weighted by Gasteiger charge is -2.12. The molecule has 0 amide bonds. The zero-order chi connectivity index (χ0) is 14.5. The van der Waals surface area contributed by atoms with E-state index in [4.69, 9.17) is 0 Å². The molecule has 0 heterocycles. The molecule has 0 aromatic heterocycles. The zero-order valence-corrected chi connectivity index (χ0v) is 13.0. The molecule has 0 fully saturated rings. The molecule has 0 radical (unpaired) electrons. The van der Waals surface area contributed by atoms with E-state index in [1.165, 1.54) is 27.8 Å². The minimum Gasteiger partial charge on any atom is -0.314 e. The SMILES string of the molecule is CCNC(C)Cc1ccc(-c2cc(C)cc(C)c2)cc1. The Balaban J connectivity index is 2.15. The molecule has 0 saturated heterocycles. The van der Waals surface area contributed by atoms with Gasteiger partial charge in [-0.3, -0.25) is 0 Å². The Kier molecular flexibility index (Phi) is 4.97. The van der Waals surface area contributed by atoms with E-state index in [1.54, 1.807) is 0 Å². The molecule has 1 N–H and O–H groups in total. The predicted molar refractivity (Wildman–Crippen MR) is 88.2 cm³/mol. The van der Waals surface area contributed by atoms with E-state index in [9.17, 15) is 0 Å². The zero-order valence-electron chi connectivity index (χ0n) is 13.0. The van der Waals surface area contributed by atoms with Crippen LogP contribution in [0, 0.1) is 13.8 Å². The van der Waals surface area contributed by atoms with Gasteiger partial charge in [-0.1, -0.05) is 60.5 Å². The topological polar surface area (TPSA) is 12.0 Å². The lowest BCUT2D eigenvalue weighted by molar-refractivity contribution is 0.565. The summed E-state index contributed by atoms with van der Waals surface area (Å²) in [6.45, 7) is 9.73. The van der Waals surface area contributed by atoms with E-state index in [1.807, 2.05) is 0 Å². The standard InChI is InChI=1S/C19H25N/c1-5-20-16(4)13-17-6-8-18(9-7-17)19-11-14(2)10-15(3)12-19/h6-12,16,20H,5,13H2,1-4H3. The Bertz CT molecular complexity index is 534. The molecule has 1 unspecified atom stereocenters. The van der Waals surface area contributed by atoms with E-state index in [2.05, 4.69) is 75.5 Å². The molecular weight excluding hydrogens is 242 g/mol. The van der Waals surface area contributed by atoms with Crippen molar-refractivity contribution in [3.05, 3.63) is 59.2 Å². The summed E-state index contributed by atoms with van der Waals surface area (Å²) in [4.78, 5) is 0. The lowest BCUT2D eigenvalue weighted by Crippen LogP contribution is -2.27. The predicted octanol–water partition coefficient (Wildman–Crippen LogP) is 4.51.